The third-order valence-corrected chi connectivity index (χ3v) is 9.54. The average molecular weight is 492 g/mol. The second-order valence-electron chi connectivity index (χ2n) is 12.0. The van der Waals surface area contributed by atoms with Gasteiger partial charge < -0.3 is 20.3 Å². The quantitative estimate of drug-likeness (QED) is 0.639. The van der Waals surface area contributed by atoms with Crippen molar-refractivity contribution in [2.24, 2.45) is 23.2 Å². The van der Waals surface area contributed by atoms with Gasteiger partial charge in [0.25, 0.3) is 0 Å². The van der Waals surface area contributed by atoms with Crippen LogP contribution >= 0.6 is 0 Å². The fourth-order valence-electron chi connectivity index (χ4n) is 8.02. The SMILES string of the molecule is N#Cc1ccc(N[C@@H]2CCN(C(=O)OC3C4CC5CC3CC(C(=O)NC3CCCCC3)(C5)C4)C2)nc1. The number of pyridine rings is 1. The van der Waals surface area contributed by atoms with Gasteiger partial charge in [-0.2, -0.15) is 5.26 Å². The van der Waals surface area contributed by atoms with Crippen LogP contribution in [0.3, 0.4) is 0 Å². The molecule has 4 bridgehead atoms. The number of rotatable bonds is 5. The molecule has 2 N–H and O–H groups in total. The molecule has 6 fully saturated rings. The minimum absolute atomic E-state index is 0.0585. The first-order valence-electron chi connectivity index (χ1n) is 13.9. The summed E-state index contributed by atoms with van der Waals surface area (Å²) in [5.41, 5.74) is 0.286. The highest BCUT2D eigenvalue weighted by atomic mass is 16.6. The van der Waals surface area contributed by atoms with E-state index in [1.54, 1.807) is 23.2 Å². The van der Waals surface area contributed by atoms with Gasteiger partial charge in [-0.3, -0.25) is 4.79 Å². The molecular formula is C28H37N5O3. The minimum Gasteiger partial charge on any atom is -0.446 e. The highest BCUT2D eigenvalue weighted by Crippen LogP contribution is 2.61. The topological polar surface area (TPSA) is 107 Å². The highest BCUT2D eigenvalue weighted by Gasteiger charge is 2.59. The van der Waals surface area contributed by atoms with E-state index in [0.717, 1.165) is 51.4 Å². The number of nitriles is 1. The zero-order valence-electron chi connectivity index (χ0n) is 21.0. The summed E-state index contributed by atoms with van der Waals surface area (Å²) in [6.07, 6.45) is 13.0. The molecule has 192 valence electrons. The van der Waals surface area contributed by atoms with Crippen molar-refractivity contribution in [3.05, 3.63) is 23.9 Å². The molecule has 6 aliphatic rings. The van der Waals surface area contributed by atoms with E-state index in [1.807, 2.05) is 0 Å². The van der Waals surface area contributed by atoms with E-state index in [4.69, 9.17) is 10.00 Å². The van der Waals surface area contributed by atoms with E-state index >= 15 is 0 Å². The van der Waals surface area contributed by atoms with E-state index in [-0.39, 0.29) is 29.6 Å². The molecule has 0 spiro atoms. The van der Waals surface area contributed by atoms with Crippen LogP contribution in [-0.4, -0.2) is 53.2 Å². The summed E-state index contributed by atoms with van der Waals surface area (Å²) >= 11 is 0. The van der Waals surface area contributed by atoms with Crippen molar-refractivity contribution >= 4 is 17.8 Å². The Morgan fingerprint density at radius 1 is 1.06 bits per heavy atom. The largest absolute Gasteiger partial charge is 0.446 e. The lowest BCUT2D eigenvalue weighted by atomic mass is 9.48. The van der Waals surface area contributed by atoms with Gasteiger partial charge >= 0.3 is 6.09 Å². The van der Waals surface area contributed by atoms with Crippen LogP contribution in [0.4, 0.5) is 10.6 Å². The molecule has 0 aromatic carbocycles. The van der Waals surface area contributed by atoms with E-state index in [9.17, 15) is 9.59 Å². The molecular weight excluding hydrogens is 454 g/mol. The van der Waals surface area contributed by atoms with Crippen molar-refractivity contribution in [2.75, 3.05) is 18.4 Å². The molecule has 2 heterocycles. The van der Waals surface area contributed by atoms with Gasteiger partial charge in [-0.1, -0.05) is 19.3 Å². The molecule has 1 saturated heterocycles. The van der Waals surface area contributed by atoms with Crippen molar-refractivity contribution in [3.63, 3.8) is 0 Å². The number of hydrogen-bond acceptors (Lipinski definition) is 6. The molecule has 7 rings (SSSR count). The third kappa shape index (κ3) is 4.53. The molecule has 8 nitrogen and oxygen atoms in total. The smallest absolute Gasteiger partial charge is 0.410 e. The molecule has 3 atom stereocenters. The average Bonchev–Trinajstić information content (AvgIpc) is 3.35. The van der Waals surface area contributed by atoms with E-state index in [2.05, 4.69) is 21.7 Å². The Balaban J connectivity index is 1.04. The van der Waals surface area contributed by atoms with Crippen LogP contribution in [0.15, 0.2) is 18.3 Å². The van der Waals surface area contributed by atoms with Gasteiger partial charge in [-0.25, -0.2) is 9.78 Å². The zero-order valence-corrected chi connectivity index (χ0v) is 21.0. The monoisotopic (exact) mass is 491 g/mol. The molecule has 5 aliphatic carbocycles. The number of nitrogens with zero attached hydrogens (tertiary/aromatic N) is 3. The van der Waals surface area contributed by atoms with Gasteiger partial charge in [0.15, 0.2) is 0 Å². The molecule has 1 aromatic rings. The molecule has 1 aliphatic heterocycles. The number of carbonyl (C=O) groups excluding carboxylic acids is 2. The summed E-state index contributed by atoms with van der Waals surface area (Å²) in [4.78, 5) is 32.7. The minimum atomic E-state index is -0.242. The van der Waals surface area contributed by atoms with Crippen LogP contribution in [0, 0.1) is 34.5 Å². The van der Waals surface area contributed by atoms with E-state index in [1.165, 1.54) is 19.3 Å². The molecule has 0 radical (unpaired) electrons. The molecule has 1 aromatic heterocycles. The summed E-state index contributed by atoms with van der Waals surface area (Å²) in [5.74, 6) is 2.19. The summed E-state index contributed by atoms with van der Waals surface area (Å²) in [7, 11) is 0. The maximum Gasteiger partial charge on any atom is 0.410 e. The second-order valence-corrected chi connectivity index (χ2v) is 12.0. The maximum absolute atomic E-state index is 13.5. The predicted octanol–water partition coefficient (Wildman–Crippen LogP) is 4.22. The first kappa shape index (κ1) is 23.6. The van der Waals surface area contributed by atoms with Crippen molar-refractivity contribution in [2.45, 2.75) is 88.8 Å². The Morgan fingerprint density at radius 3 is 2.53 bits per heavy atom. The van der Waals surface area contributed by atoms with Crippen LogP contribution in [0.2, 0.25) is 0 Å². The van der Waals surface area contributed by atoms with Gasteiger partial charge in [0.1, 0.15) is 18.0 Å². The number of ether oxygens (including phenoxy) is 1. The van der Waals surface area contributed by atoms with Crippen LogP contribution in [0.25, 0.3) is 0 Å². The standard InChI is InChI=1S/C28H37N5O3/c29-15-18-6-7-24(30-16-18)31-23-8-9-33(17-23)27(35)36-25-20-10-19-11-21(25)14-28(12-19,13-20)26(34)32-22-4-2-1-3-5-22/h6-7,16,19-23,25H,1-5,8-14,17H2,(H,30,31)(H,32,34)/t19?,20?,21?,23-,25?,28?/m1/s1. The highest BCUT2D eigenvalue weighted by molar-refractivity contribution is 5.83. The number of anilines is 1. The summed E-state index contributed by atoms with van der Waals surface area (Å²) in [6.45, 7) is 1.24. The fraction of sp³-hybridized carbons (Fsp3) is 0.714. The van der Waals surface area contributed by atoms with Crippen LogP contribution in [0.5, 0.6) is 0 Å². The zero-order chi connectivity index (χ0) is 24.7. The third-order valence-electron chi connectivity index (χ3n) is 9.54. The van der Waals surface area contributed by atoms with Crippen molar-refractivity contribution in [1.82, 2.24) is 15.2 Å². The lowest BCUT2D eigenvalue weighted by molar-refractivity contribution is -0.165. The molecule has 2 amide bonds. The first-order chi connectivity index (χ1) is 17.5. The van der Waals surface area contributed by atoms with Crippen molar-refractivity contribution in [1.29, 1.82) is 5.26 Å². The second kappa shape index (κ2) is 9.57. The Labute approximate surface area is 213 Å². The maximum atomic E-state index is 13.5. The Hall–Kier alpha value is -2.82. The lowest BCUT2D eigenvalue weighted by Crippen LogP contribution is -2.60. The fourth-order valence-corrected chi connectivity index (χ4v) is 8.02. The number of likely N-dealkylation sites (tertiary alicyclic amines) is 1. The van der Waals surface area contributed by atoms with Crippen molar-refractivity contribution in [3.8, 4) is 6.07 Å². The first-order valence-corrected chi connectivity index (χ1v) is 13.9. The summed E-state index contributed by atoms with van der Waals surface area (Å²) in [6, 6.07) is 6.08. The summed E-state index contributed by atoms with van der Waals surface area (Å²) < 4.78 is 6.19. The van der Waals surface area contributed by atoms with E-state index in [0.29, 0.717) is 48.3 Å². The van der Waals surface area contributed by atoms with Gasteiger partial charge in [0.2, 0.25) is 5.91 Å². The summed E-state index contributed by atoms with van der Waals surface area (Å²) in [5, 5.41) is 15.7. The Bertz CT molecular complexity index is 1010. The molecule has 5 saturated carbocycles. The normalized spacial score (nSPS) is 35.3. The van der Waals surface area contributed by atoms with Gasteiger partial charge in [-0.15, -0.1) is 0 Å². The Morgan fingerprint density at radius 2 is 1.83 bits per heavy atom. The van der Waals surface area contributed by atoms with Crippen molar-refractivity contribution < 1.29 is 14.3 Å². The molecule has 2 unspecified atom stereocenters. The Kier molecular flexibility index (Phi) is 6.27. The molecule has 36 heavy (non-hydrogen) atoms. The number of carbonyl (C=O) groups is 2. The van der Waals surface area contributed by atoms with Crippen LogP contribution < -0.4 is 10.6 Å². The van der Waals surface area contributed by atoms with Gasteiger partial charge in [0.05, 0.1) is 11.0 Å². The number of aromatic nitrogens is 1. The van der Waals surface area contributed by atoms with E-state index < -0.39 is 0 Å². The number of nitrogens with one attached hydrogen (secondary N) is 2. The van der Waals surface area contributed by atoms with Crippen LogP contribution in [-0.2, 0) is 9.53 Å². The number of amides is 2. The van der Waals surface area contributed by atoms with Gasteiger partial charge in [0, 0.05) is 31.4 Å². The predicted molar refractivity (Wildman–Crippen MR) is 134 cm³/mol. The van der Waals surface area contributed by atoms with Gasteiger partial charge in [-0.05, 0) is 81.3 Å². The van der Waals surface area contributed by atoms with Crippen LogP contribution in [0.1, 0.15) is 76.2 Å². The lowest BCUT2D eigenvalue weighted by Gasteiger charge is -2.58. The number of hydrogen-bond donors (Lipinski definition) is 2. The molecule has 8 heteroatoms.